The van der Waals surface area contributed by atoms with Gasteiger partial charge in [0.05, 0.1) is 18.8 Å². The molecule has 1 heterocycles. The van der Waals surface area contributed by atoms with Gasteiger partial charge >= 0.3 is 0 Å². The summed E-state index contributed by atoms with van der Waals surface area (Å²) in [6, 6.07) is 1.18. The molecule has 0 spiro atoms. The Hall–Kier alpha value is -0.120. The predicted molar refractivity (Wildman–Crippen MR) is 96.6 cm³/mol. The van der Waals surface area contributed by atoms with Crippen LogP contribution in [-0.2, 0) is 4.74 Å². The number of piperidine rings is 1. The van der Waals surface area contributed by atoms with E-state index in [-0.39, 0.29) is 6.10 Å². The third-order valence-electron chi connectivity index (χ3n) is 6.26. The van der Waals surface area contributed by atoms with Crippen molar-refractivity contribution < 1.29 is 9.84 Å². The first-order chi connectivity index (χ1) is 10.9. The maximum Gasteiger partial charge on any atom is 0.0900 e. The molecular weight excluding hydrogens is 286 g/mol. The van der Waals surface area contributed by atoms with Crippen molar-refractivity contribution >= 4 is 0 Å². The number of rotatable bonds is 6. The Balaban J connectivity index is 1.81. The normalized spacial score (nSPS) is 38.0. The smallest absolute Gasteiger partial charge is 0.0900 e. The molecule has 23 heavy (non-hydrogen) atoms. The molecule has 1 aliphatic heterocycles. The van der Waals surface area contributed by atoms with E-state index in [4.69, 9.17) is 4.74 Å². The maximum absolute atomic E-state index is 10.5. The molecule has 2 aliphatic rings. The zero-order valence-electron chi connectivity index (χ0n) is 16.0. The summed E-state index contributed by atoms with van der Waals surface area (Å²) in [4.78, 5) is 2.47. The fourth-order valence-electron chi connectivity index (χ4n) is 4.67. The van der Waals surface area contributed by atoms with Crippen molar-refractivity contribution in [2.24, 2.45) is 17.8 Å². The number of hydrogen-bond acceptors (Lipinski definition) is 3. The molecule has 136 valence electrons. The van der Waals surface area contributed by atoms with E-state index >= 15 is 0 Å². The molecule has 2 fully saturated rings. The summed E-state index contributed by atoms with van der Waals surface area (Å²) in [6.45, 7) is 12.8. The van der Waals surface area contributed by atoms with Crippen molar-refractivity contribution in [1.29, 1.82) is 0 Å². The van der Waals surface area contributed by atoms with Crippen LogP contribution in [0.2, 0.25) is 0 Å². The molecule has 0 aromatic heterocycles. The molecule has 0 bridgehead atoms. The van der Waals surface area contributed by atoms with Gasteiger partial charge in [-0.15, -0.1) is 0 Å². The first-order valence-electron chi connectivity index (χ1n) is 9.93. The topological polar surface area (TPSA) is 32.7 Å². The van der Waals surface area contributed by atoms with Crippen LogP contribution in [-0.4, -0.2) is 47.4 Å². The first kappa shape index (κ1) is 19.2. The van der Waals surface area contributed by atoms with Crippen LogP contribution in [0.4, 0.5) is 0 Å². The third-order valence-corrected chi connectivity index (χ3v) is 6.26. The van der Waals surface area contributed by atoms with Gasteiger partial charge in [0.15, 0.2) is 0 Å². The quantitative estimate of drug-likeness (QED) is 0.798. The van der Waals surface area contributed by atoms with E-state index < -0.39 is 0 Å². The van der Waals surface area contributed by atoms with Crippen molar-refractivity contribution in [2.45, 2.75) is 97.4 Å². The molecule has 3 nitrogen and oxygen atoms in total. The molecule has 1 saturated heterocycles. The molecule has 0 amide bonds. The molecule has 3 heteroatoms. The standard InChI is InChI=1S/C20H39NO2/c1-14(2)19-10-9-15(3)11-20(19)23-13-18(22)12-21-16(4)7-6-8-17(21)5/h14-20,22H,6-13H2,1-5H3/t15-,16-,17-,18-,19-,20-/m1/s1. The summed E-state index contributed by atoms with van der Waals surface area (Å²) in [5.41, 5.74) is 0. The second kappa shape index (κ2) is 8.82. The lowest BCUT2D eigenvalue weighted by molar-refractivity contribution is -0.0793. The Bertz CT molecular complexity index is 337. The van der Waals surface area contributed by atoms with Gasteiger partial charge in [0.2, 0.25) is 0 Å². The average Bonchev–Trinajstić information content (AvgIpc) is 2.49. The van der Waals surface area contributed by atoms with E-state index in [0.29, 0.717) is 36.6 Å². The molecule has 2 rings (SSSR count). The summed E-state index contributed by atoms with van der Waals surface area (Å²) < 4.78 is 6.22. The van der Waals surface area contributed by atoms with Crippen molar-refractivity contribution in [2.75, 3.05) is 13.2 Å². The highest BCUT2D eigenvalue weighted by atomic mass is 16.5. The second-order valence-corrected chi connectivity index (χ2v) is 8.68. The minimum Gasteiger partial charge on any atom is -0.389 e. The molecule has 1 N–H and O–H groups in total. The van der Waals surface area contributed by atoms with Gasteiger partial charge in [-0.2, -0.15) is 0 Å². The van der Waals surface area contributed by atoms with Crippen LogP contribution in [0.3, 0.4) is 0 Å². The number of aliphatic hydroxyl groups excluding tert-OH is 1. The van der Waals surface area contributed by atoms with Crippen LogP contribution in [0, 0.1) is 17.8 Å². The summed E-state index contributed by atoms with van der Waals surface area (Å²) in [5, 5.41) is 10.5. The summed E-state index contributed by atoms with van der Waals surface area (Å²) >= 11 is 0. The van der Waals surface area contributed by atoms with Crippen molar-refractivity contribution in [3.63, 3.8) is 0 Å². The number of ether oxygens (including phenoxy) is 1. The number of aliphatic hydroxyl groups is 1. The van der Waals surface area contributed by atoms with Crippen LogP contribution in [0.15, 0.2) is 0 Å². The molecule has 0 radical (unpaired) electrons. The average molecular weight is 326 g/mol. The molecule has 0 aromatic carbocycles. The van der Waals surface area contributed by atoms with Crippen LogP contribution in [0.1, 0.15) is 73.1 Å². The highest BCUT2D eigenvalue weighted by molar-refractivity contribution is 4.83. The van der Waals surface area contributed by atoms with Crippen molar-refractivity contribution in [1.82, 2.24) is 4.90 Å². The Morgan fingerprint density at radius 1 is 1.04 bits per heavy atom. The fourth-order valence-corrected chi connectivity index (χ4v) is 4.67. The molecule has 6 atom stereocenters. The van der Waals surface area contributed by atoms with E-state index in [1.807, 2.05) is 0 Å². The lowest BCUT2D eigenvalue weighted by Crippen LogP contribution is -2.48. The van der Waals surface area contributed by atoms with Crippen molar-refractivity contribution in [3.05, 3.63) is 0 Å². The SMILES string of the molecule is CC(C)[C@H]1CC[C@@H](C)C[C@H]1OC[C@H](O)CN1[C@H](C)CCC[C@H]1C. The van der Waals surface area contributed by atoms with Crippen LogP contribution >= 0.6 is 0 Å². The Morgan fingerprint density at radius 2 is 1.70 bits per heavy atom. The number of β-amino-alcohol motifs (C(OH)–C–C–N with tert-alkyl or cyclic N) is 1. The highest BCUT2D eigenvalue weighted by Crippen LogP contribution is 2.35. The lowest BCUT2D eigenvalue weighted by atomic mass is 9.75. The van der Waals surface area contributed by atoms with Gasteiger partial charge in [-0.1, -0.05) is 33.6 Å². The van der Waals surface area contributed by atoms with Gasteiger partial charge in [0.25, 0.3) is 0 Å². The first-order valence-corrected chi connectivity index (χ1v) is 9.93. The largest absolute Gasteiger partial charge is 0.389 e. The van der Waals surface area contributed by atoms with E-state index in [2.05, 4.69) is 39.5 Å². The summed E-state index contributed by atoms with van der Waals surface area (Å²) in [6.07, 6.45) is 7.58. The van der Waals surface area contributed by atoms with E-state index in [0.717, 1.165) is 18.9 Å². The zero-order chi connectivity index (χ0) is 17.0. The van der Waals surface area contributed by atoms with E-state index in [1.165, 1.54) is 32.1 Å². The molecule has 0 unspecified atom stereocenters. The Kier molecular flexibility index (Phi) is 7.37. The molecular formula is C20H39NO2. The van der Waals surface area contributed by atoms with Crippen molar-refractivity contribution in [3.8, 4) is 0 Å². The minimum atomic E-state index is -0.358. The van der Waals surface area contributed by atoms with Gasteiger partial charge < -0.3 is 9.84 Å². The maximum atomic E-state index is 10.5. The van der Waals surface area contributed by atoms with Gasteiger partial charge in [0.1, 0.15) is 0 Å². The van der Waals surface area contributed by atoms with Crippen LogP contribution in [0.25, 0.3) is 0 Å². The monoisotopic (exact) mass is 325 g/mol. The highest BCUT2D eigenvalue weighted by Gasteiger charge is 2.32. The van der Waals surface area contributed by atoms with Gasteiger partial charge in [0, 0.05) is 18.6 Å². The fraction of sp³-hybridized carbons (Fsp3) is 1.00. The number of nitrogens with zero attached hydrogens (tertiary/aromatic N) is 1. The third kappa shape index (κ3) is 5.44. The summed E-state index contributed by atoms with van der Waals surface area (Å²) in [7, 11) is 0. The van der Waals surface area contributed by atoms with Crippen LogP contribution < -0.4 is 0 Å². The molecule has 1 aliphatic carbocycles. The predicted octanol–water partition coefficient (Wildman–Crippen LogP) is 4.09. The number of hydrogen-bond donors (Lipinski definition) is 1. The second-order valence-electron chi connectivity index (χ2n) is 8.68. The Labute approximate surface area is 143 Å². The minimum absolute atomic E-state index is 0.338. The molecule has 1 saturated carbocycles. The van der Waals surface area contributed by atoms with Crippen LogP contribution in [0.5, 0.6) is 0 Å². The summed E-state index contributed by atoms with van der Waals surface area (Å²) in [5.74, 6) is 2.09. The van der Waals surface area contributed by atoms with E-state index in [9.17, 15) is 5.11 Å². The Morgan fingerprint density at radius 3 is 2.30 bits per heavy atom. The van der Waals surface area contributed by atoms with Gasteiger partial charge in [-0.3, -0.25) is 4.90 Å². The zero-order valence-corrected chi connectivity index (χ0v) is 16.0. The molecule has 0 aromatic rings. The van der Waals surface area contributed by atoms with Gasteiger partial charge in [-0.25, -0.2) is 0 Å². The van der Waals surface area contributed by atoms with E-state index in [1.54, 1.807) is 0 Å². The lowest BCUT2D eigenvalue weighted by Gasteiger charge is -2.41. The van der Waals surface area contributed by atoms with Gasteiger partial charge in [-0.05, 0) is 57.3 Å². The number of likely N-dealkylation sites (tertiary alicyclic amines) is 1.